The van der Waals surface area contributed by atoms with E-state index in [0.29, 0.717) is 12.3 Å². The molecule has 0 amide bonds. The first-order valence-corrected chi connectivity index (χ1v) is 5.79. The van der Waals surface area contributed by atoms with E-state index in [9.17, 15) is 4.39 Å². The maximum absolute atomic E-state index is 13.2. The smallest absolute Gasteiger partial charge is 0.119 e. The van der Waals surface area contributed by atoms with Crippen molar-refractivity contribution in [3.8, 4) is 0 Å². The number of rotatable bonds is 6. The van der Waals surface area contributed by atoms with Gasteiger partial charge in [0.2, 0.25) is 0 Å². The van der Waals surface area contributed by atoms with Gasteiger partial charge in [0.1, 0.15) is 5.83 Å². The molecule has 0 heterocycles. The van der Waals surface area contributed by atoms with Gasteiger partial charge in [0, 0.05) is 0 Å². The monoisotopic (exact) mass is 222 g/mol. The number of hydrogen-bond donors (Lipinski definition) is 0. The molecular weight excluding hydrogens is 199 g/mol. The Kier molecular flexibility index (Phi) is 7.53. The third-order valence-electron chi connectivity index (χ3n) is 2.39. The predicted molar refractivity (Wildman–Crippen MR) is 71.0 cm³/mol. The van der Waals surface area contributed by atoms with Crippen LogP contribution in [0.4, 0.5) is 4.39 Å². The molecule has 0 aromatic heterocycles. The highest BCUT2D eigenvalue weighted by Crippen LogP contribution is 2.15. The van der Waals surface area contributed by atoms with E-state index in [1.54, 1.807) is 6.08 Å². The van der Waals surface area contributed by atoms with Crippen LogP contribution < -0.4 is 0 Å². The van der Waals surface area contributed by atoms with E-state index < -0.39 is 0 Å². The summed E-state index contributed by atoms with van der Waals surface area (Å²) >= 11 is 0. The molecule has 0 rings (SSSR count). The van der Waals surface area contributed by atoms with Crippen LogP contribution in [0.3, 0.4) is 0 Å². The van der Waals surface area contributed by atoms with Crippen molar-refractivity contribution in [3.63, 3.8) is 0 Å². The lowest BCUT2D eigenvalue weighted by Crippen LogP contribution is -1.91. The highest BCUT2D eigenvalue weighted by molar-refractivity contribution is 5.17. The summed E-state index contributed by atoms with van der Waals surface area (Å²) in [6.07, 6.45) is 8.50. The van der Waals surface area contributed by atoms with Crippen molar-refractivity contribution >= 4 is 0 Å². The van der Waals surface area contributed by atoms with Gasteiger partial charge < -0.3 is 0 Å². The second-order valence-corrected chi connectivity index (χ2v) is 4.38. The fourth-order valence-electron chi connectivity index (χ4n) is 1.33. The van der Waals surface area contributed by atoms with Crippen molar-refractivity contribution in [3.05, 3.63) is 47.9 Å². The molecule has 0 bridgehead atoms. The maximum Gasteiger partial charge on any atom is 0.119 e. The Balaban J connectivity index is 4.19. The maximum atomic E-state index is 13.2. The zero-order valence-corrected chi connectivity index (χ0v) is 10.9. The molecule has 0 saturated heterocycles. The molecule has 16 heavy (non-hydrogen) atoms. The van der Waals surface area contributed by atoms with E-state index in [4.69, 9.17) is 0 Å². The van der Waals surface area contributed by atoms with Crippen LogP contribution in [0.25, 0.3) is 0 Å². The molecular formula is C15H23F. The minimum atomic E-state index is -0.179. The van der Waals surface area contributed by atoms with Crippen LogP contribution in [-0.4, -0.2) is 0 Å². The molecule has 0 nitrogen and oxygen atoms in total. The molecule has 0 aliphatic heterocycles. The third kappa shape index (κ3) is 7.22. The Morgan fingerprint density at radius 1 is 1.31 bits per heavy atom. The largest absolute Gasteiger partial charge is 0.207 e. The molecule has 0 aliphatic rings. The van der Waals surface area contributed by atoms with Gasteiger partial charge in [-0.25, -0.2) is 4.39 Å². The van der Waals surface area contributed by atoms with Crippen molar-refractivity contribution in [2.45, 2.75) is 40.5 Å². The molecule has 0 saturated carbocycles. The summed E-state index contributed by atoms with van der Waals surface area (Å²) in [4.78, 5) is 0. The van der Waals surface area contributed by atoms with Crippen molar-refractivity contribution in [1.29, 1.82) is 0 Å². The zero-order valence-electron chi connectivity index (χ0n) is 10.9. The molecule has 0 fully saturated rings. The summed E-state index contributed by atoms with van der Waals surface area (Å²) in [6.45, 7) is 11.9. The summed E-state index contributed by atoms with van der Waals surface area (Å²) in [5, 5.41) is 0. The SMILES string of the molecule is C=C(C)C/C=C(F)\C=C/C/C(=C\C)C(C)C. The normalized spacial score (nSPS) is 13.9. The molecule has 0 N–H and O–H groups in total. The Labute approximate surface area is 99.3 Å². The topological polar surface area (TPSA) is 0 Å². The predicted octanol–water partition coefficient (Wildman–Crippen LogP) is 5.35. The fourth-order valence-corrected chi connectivity index (χ4v) is 1.33. The summed E-state index contributed by atoms with van der Waals surface area (Å²) in [7, 11) is 0. The minimum absolute atomic E-state index is 0.179. The standard InChI is InChI=1S/C15H23F/c1-6-14(13(4)5)8-7-9-15(16)11-10-12(2)3/h6-7,9,11,13H,2,8,10H2,1,3-5H3/b9-7-,14-6+,15-11+. The Hall–Kier alpha value is -1.11. The summed E-state index contributed by atoms with van der Waals surface area (Å²) in [6, 6.07) is 0. The fraction of sp³-hybridized carbons (Fsp3) is 0.467. The Morgan fingerprint density at radius 3 is 2.38 bits per heavy atom. The summed E-state index contributed by atoms with van der Waals surface area (Å²) < 4.78 is 13.2. The van der Waals surface area contributed by atoms with Crippen LogP contribution in [0.1, 0.15) is 40.5 Å². The van der Waals surface area contributed by atoms with Crippen molar-refractivity contribution in [2.24, 2.45) is 5.92 Å². The van der Waals surface area contributed by atoms with Gasteiger partial charge in [0.15, 0.2) is 0 Å². The highest BCUT2D eigenvalue weighted by atomic mass is 19.1. The van der Waals surface area contributed by atoms with Gasteiger partial charge in [0.05, 0.1) is 0 Å². The number of hydrogen-bond acceptors (Lipinski definition) is 0. The molecule has 0 radical (unpaired) electrons. The first-order valence-electron chi connectivity index (χ1n) is 5.79. The van der Waals surface area contributed by atoms with Gasteiger partial charge in [-0.05, 0) is 44.8 Å². The Morgan fingerprint density at radius 2 is 1.94 bits per heavy atom. The molecule has 0 spiro atoms. The lowest BCUT2D eigenvalue weighted by molar-refractivity contribution is 0.660. The molecule has 1 heteroatoms. The quantitative estimate of drug-likeness (QED) is 0.419. The first kappa shape index (κ1) is 14.9. The number of halogens is 1. The van der Waals surface area contributed by atoms with Gasteiger partial charge in [-0.1, -0.05) is 43.7 Å². The van der Waals surface area contributed by atoms with Gasteiger partial charge >= 0.3 is 0 Å². The lowest BCUT2D eigenvalue weighted by atomic mass is 10.00. The van der Waals surface area contributed by atoms with Gasteiger partial charge in [0.25, 0.3) is 0 Å². The van der Waals surface area contributed by atoms with E-state index in [1.165, 1.54) is 11.6 Å². The van der Waals surface area contributed by atoms with Gasteiger partial charge in [-0.2, -0.15) is 0 Å². The average molecular weight is 222 g/mol. The van der Waals surface area contributed by atoms with Crippen LogP contribution in [0.5, 0.6) is 0 Å². The van der Waals surface area contributed by atoms with Gasteiger partial charge in [-0.15, -0.1) is 0 Å². The molecule has 90 valence electrons. The second-order valence-electron chi connectivity index (χ2n) is 4.38. The molecule has 0 aromatic carbocycles. The van der Waals surface area contributed by atoms with Crippen LogP contribution in [-0.2, 0) is 0 Å². The highest BCUT2D eigenvalue weighted by Gasteiger charge is 1.98. The second kappa shape index (κ2) is 8.09. The summed E-state index contributed by atoms with van der Waals surface area (Å²) in [5.41, 5.74) is 2.31. The van der Waals surface area contributed by atoms with E-state index in [0.717, 1.165) is 12.0 Å². The summed E-state index contributed by atoms with van der Waals surface area (Å²) in [5.74, 6) is 0.347. The molecule has 0 aromatic rings. The average Bonchev–Trinajstić information content (AvgIpc) is 2.20. The lowest BCUT2D eigenvalue weighted by Gasteiger charge is -2.07. The molecule has 0 atom stereocenters. The number of allylic oxidation sites excluding steroid dienone is 7. The van der Waals surface area contributed by atoms with Crippen LogP contribution in [0, 0.1) is 5.92 Å². The molecule has 0 unspecified atom stereocenters. The van der Waals surface area contributed by atoms with E-state index in [-0.39, 0.29) is 5.83 Å². The van der Waals surface area contributed by atoms with E-state index >= 15 is 0 Å². The van der Waals surface area contributed by atoms with Crippen molar-refractivity contribution in [1.82, 2.24) is 0 Å². The molecule has 0 aliphatic carbocycles. The minimum Gasteiger partial charge on any atom is -0.207 e. The van der Waals surface area contributed by atoms with Crippen molar-refractivity contribution in [2.75, 3.05) is 0 Å². The van der Waals surface area contributed by atoms with Crippen molar-refractivity contribution < 1.29 is 4.39 Å². The first-order chi connectivity index (χ1) is 7.47. The van der Waals surface area contributed by atoms with E-state index in [1.807, 2.05) is 19.9 Å². The third-order valence-corrected chi connectivity index (χ3v) is 2.39. The van der Waals surface area contributed by atoms with Gasteiger partial charge in [-0.3, -0.25) is 0 Å². The van der Waals surface area contributed by atoms with Crippen LogP contribution in [0.15, 0.2) is 47.9 Å². The van der Waals surface area contributed by atoms with Crippen LogP contribution in [0.2, 0.25) is 0 Å². The van der Waals surface area contributed by atoms with Crippen LogP contribution >= 0.6 is 0 Å². The van der Waals surface area contributed by atoms with E-state index in [2.05, 4.69) is 26.5 Å². The Bertz CT molecular complexity index is 303. The zero-order chi connectivity index (χ0) is 12.6.